The summed E-state index contributed by atoms with van der Waals surface area (Å²) in [4.78, 5) is 22.6. The molecule has 0 aromatic carbocycles. The zero-order valence-electron chi connectivity index (χ0n) is 10.5. The fourth-order valence-corrected chi connectivity index (χ4v) is 2.11. The second kappa shape index (κ2) is 6.08. The summed E-state index contributed by atoms with van der Waals surface area (Å²) in [6.07, 6.45) is 3.85. The number of hydrogen-bond acceptors (Lipinski definition) is 6. The Morgan fingerprint density at radius 3 is 3.05 bits per heavy atom. The molecule has 1 aliphatic rings. The lowest BCUT2D eigenvalue weighted by Gasteiger charge is -2.33. The SMILES string of the molecule is CC1COCCN1c1n[nH]c2cnccc12.O=C=O. The molecule has 7 heteroatoms. The molecule has 0 saturated carbocycles. The highest BCUT2D eigenvalue weighted by molar-refractivity contribution is 5.89. The monoisotopic (exact) mass is 262 g/mol. The normalized spacial score (nSPS) is 18.6. The molecule has 1 fully saturated rings. The molecule has 0 spiro atoms. The summed E-state index contributed by atoms with van der Waals surface area (Å²) < 4.78 is 5.43. The highest BCUT2D eigenvalue weighted by atomic mass is 16.5. The average molecular weight is 262 g/mol. The van der Waals surface area contributed by atoms with Crippen LogP contribution in [0.4, 0.5) is 5.82 Å². The Bertz CT molecular complexity index is 577. The first-order valence-electron chi connectivity index (χ1n) is 5.89. The molecule has 100 valence electrons. The van der Waals surface area contributed by atoms with Crippen LogP contribution in [0.25, 0.3) is 10.9 Å². The lowest BCUT2D eigenvalue weighted by atomic mass is 10.2. The third-order valence-corrected chi connectivity index (χ3v) is 2.98. The molecule has 2 aromatic heterocycles. The third-order valence-electron chi connectivity index (χ3n) is 2.98. The van der Waals surface area contributed by atoms with E-state index in [9.17, 15) is 0 Å². The standard InChI is InChI=1S/C11H14N4O.CO2/c1-8-7-16-5-4-15(8)11-9-2-3-12-6-10(9)13-14-11;2-1-3/h2-3,6,8H,4-5,7H2,1H3,(H,13,14);. The number of ether oxygens (including phenoxy) is 1. The minimum atomic E-state index is 0.250. The van der Waals surface area contributed by atoms with Crippen molar-refractivity contribution in [2.45, 2.75) is 13.0 Å². The van der Waals surface area contributed by atoms with Gasteiger partial charge in [-0.15, -0.1) is 0 Å². The molecule has 3 heterocycles. The van der Waals surface area contributed by atoms with Crippen LogP contribution in [0.5, 0.6) is 0 Å². The Kier molecular flexibility index (Phi) is 4.22. The second-order valence-electron chi connectivity index (χ2n) is 4.17. The summed E-state index contributed by atoms with van der Waals surface area (Å²) in [6.45, 7) is 4.58. The van der Waals surface area contributed by atoms with Crippen molar-refractivity contribution in [3.8, 4) is 0 Å². The number of morpholine rings is 1. The van der Waals surface area contributed by atoms with Crippen LogP contribution >= 0.6 is 0 Å². The van der Waals surface area contributed by atoms with Gasteiger partial charge in [0.25, 0.3) is 0 Å². The average Bonchev–Trinajstić information content (AvgIpc) is 2.84. The molecule has 0 amide bonds. The van der Waals surface area contributed by atoms with E-state index < -0.39 is 0 Å². The molecule has 0 bridgehead atoms. The lowest BCUT2D eigenvalue weighted by Crippen LogP contribution is -2.44. The number of carbonyl (C=O) groups excluding carboxylic acids is 2. The number of fused-ring (bicyclic) bond motifs is 1. The van der Waals surface area contributed by atoms with E-state index in [4.69, 9.17) is 14.3 Å². The number of nitrogens with zero attached hydrogens (tertiary/aromatic N) is 3. The predicted molar refractivity (Wildman–Crippen MR) is 66.5 cm³/mol. The van der Waals surface area contributed by atoms with E-state index >= 15 is 0 Å². The lowest BCUT2D eigenvalue weighted by molar-refractivity contribution is -0.191. The predicted octanol–water partition coefficient (Wildman–Crippen LogP) is 0.599. The van der Waals surface area contributed by atoms with Gasteiger partial charge in [-0.05, 0) is 13.0 Å². The zero-order chi connectivity index (χ0) is 13.7. The molecule has 1 saturated heterocycles. The number of aromatic nitrogens is 3. The van der Waals surface area contributed by atoms with E-state index in [1.807, 2.05) is 6.07 Å². The maximum Gasteiger partial charge on any atom is 0.373 e. The van der Waals surface area contributed by atoms with Crippen molar-refractivity contribution < 1.29 is 14.3 Å². The first kappa shape index (κ1) is 13.2. The molecule has 0 aliphatic carbocycles. The van der Waals surface area contributed by atoms with Crippen LogP contribution in [0.3, 0.4) is 0 Å². The third kappa shape index (κ3) is 2.78. The number of anilines is 1. The molecule has 3 rings (SSSR count). The number of H-pyrrole nitrogens is 1. The smallest absolute Gasteiger partial charge is 0.373 e. The minimum Gasteiger partial charge on any atom is -0.377 e. The molecule has 1 N–H and O–H groups in total. The van der Waals surface area contributed by atoms with Gasteiger partial charge in [-0.2, -0.15) is 14.7 Å². The van der Waals surface area contributed by atoms with E-state index in [1.54, 1.807) is 12.4 Å². The quantitative estimate of drug-likeness (QED) is 0.809. The van der Waals surface area contributed by atoms with Crippen LogP contribution in [0, 0.1) is 0 Å². The maximum atomic E-state index is 8.12. The molecule has 1 atom stereocenters. The molecule has 19 heavy (non-hydrogen) atoms. The number of nitrogens with one attached hydrogen (secondary N) is 1. The largest absolute Gasteiger partial charge is 0.377 e. The van der Waals surface area contributed by atoms with E-state index in [1.165, 1.54) is 0 Å². The Morgan fingerprint density at radius 1 is 1.53 bits per heavy atom. The van der Waals surface area contributed by atoms with Crippen molar-refractivity contribution >= 4 is 22.9 Å². The van der Waals surface area contributed by atoms with E-state index in [-0.39, 0.29) is 6.15 Å². The number of aromatic amines is 1. The van der Waals surface area contributed by atoms with Crippen LogP contribution in [0.2, 0.25) is 0 Å². The summed E-state index contributed by atoms with van der Waals surface area (Å²) >= 11 is 0. The van der Waals surface area contributed by atoms with Crippen molar-refractivity contribution in [3.63, 3.8) is 0 Å². The first-order valence-corrected chi connectivity index (χ1v) is 5.89. The Balaban J connectivity index is 0.000000408. The zero-order valence-corrected chi connectivity index (χ0v) is 10.5. The van der Waals surface area contributed by atoms with Gasteiger partial charge in [0.05, 0.1) is 31.0 Å². The molecule has 0 radical (unpaired) electrons. The Morgan fingerprint density at radius 2 is 2.32 bits per heavy atom. The van der Waals surface area contributed by atoms with Gasteiger partial charge >= 0.3 is 6.15 Å². The highest BCUT2D eigenvalue weighted by Gasteiger charge is 2.22. The van der Waals surface area contributed by atoms with Gasteiger partial charge in [0.1, 0.15) is 0 Å². The van der Waals surface area contributed by atoms with Crippen molar-refractivity contribution in [2.75, 3.05) is 24.7 Å². The molecule has 7 nitrogen and oxygen atoms in total. The van der Waals surface area contributed by atoms with Crippen LogP contribution in [0.15, 0.2) is 18.5 Å². The second-order valence-corrected chi connectivity index (χ2v) is 4.17. The summed E-state index contributed by atoms with van der Waals surface area (Å²) in [6, 6.07) is 2.37. The van der Waals surface area contributed by atoms with Gasteiger partial charge in [0.15, 0.2) is 5.82 Å². The molecular formula is C12H14N4O3. The van der Waals surface area contributed by atoms with Crippen molar-refractivity contribution in [1.29, 1.82) is 0 Å². The number of rotatable bonds is 1. The van der Waals surface area contributed by atoms with Crippen LogP contribution in [0.1, 0.15) is 6.92 Å². The van der Waals surface area contributed by atoms with E-state index in [0.29, 0.717) is 6.04 Å². The fourth-order valence-electron chi connectivity index (χ4n) is 2.11. The molecule has 1 unspecified atom stereocenters. The summed E-state index contributed by atoms with van der Waals surface area (Å²) in [5.41, 5.74) is 0.983. The summed E-state index contributed by atoms with van der Waals surface area (Å²) in [7, 11) is 0. The van der Waals surface area contributed by atoms with E-state index in [2.05, 4.69) is 27.0 Å². The van der Waals surface area contributed by atoms with E-state index in [0.717, 1.165) is 36.5 Å². The van der Waals surface area contributed by atoms with Gasteiger partial charge in [-0.3, -0.25) is 10.1 Å². The van der Waals surface area contributed by atoms with Gasteiger partial charge in [-0.25, -0.2) is 0 Å². The van der Waals surface area contributed by atoms with Crippen LogP contribution < -0.4 is 4.90 Å². The van der Waals surface area contributed by atoms with Gasteiger partial charge < -0.3 is 9.64 Å². The Labute approximate surface area is 109 Å². The van der Waals surface area contributed by atoms with Gasteiger partial charge in [0.2, 0.25) is 0 Å². The van der Waals surface area contributed by atoms with Crippen molar-refractivity contribution in [2.24, 2.45) is 0 Å². The minimum absolute atomic E-state index is 0.250. The van der Waals surface area contributed by atoms with Crippen LogP contribution in [-0.4, -0.2) is 47.1 Å². The maximum absolute atomic E-state index is 8.12. The Hall–Kier alpha value is -2.24. The highest BCUT2D eigenvalue weighted by Crippen LogP contribution is 2.25. The first-order chi connectivity index (χ1) is 9.27. The molecule has 1 aliphatic heterocycles. The number of pyridine rings is 1. The van der Waals surface area contributed by atoms with Gasteiger partial charge in [0, 0.05) is 18.1 Å². The van der Waals surface area contributed by atoms with Gasteiger partial charge in [-0.1, -0.05) is 0 Å². The van der Waals surface area contributed by atoms with Crippen molar-refractivity contribution in [3.05, 3.63) is 18.5 Å². The summed E-state index contributed by atoms with van der Waals surface area (Å²) in [5, 5.41) is 8.51. The van der Waals surface area contributed by atoms with Crippen LogP contribution in [-0.2, 0) is 14.3 Å². The topological polar surface area (TPSA) is 88.2 Å². The fraction of sp³-hybridized carbons (Fsp3) is 0.417. The van der Waals surface area contributed by atoms with Crippen molar-refractivity contribution in [1.82, 2.24) is 15.2 Å². The molecular weight excluding hydrogens is 248 g/mol. The number of hydrogen-bond donors (Lipinski definition) is 1. The summed E-state index contributed by atoms with van der Waals surface area (Å²) in [5.74, 6) is 1.01. The molecule has 2 aromatic rings.